The lowest BCUT2D eigenvalue weighted by molar-refractivity contribution is 1.19. The summed E-state index contributed by atoms with van der Waals surface area (Å²) in [5, 5.41) is 7.57. The molecule has 5 aromatic carbocycles. The predicted octanol–water partition coefficient (Wildman–Crippen LogP) is 6.89. The molecule has 0 saturated carbocycles. The Morgan fingerprint density at radius 2 is 1.26 bits per heavy atom. The van der Waals surface area contributed by atoms with Crippen LogP contribution in [0.1, 0.15) is 0 Å². The molecule has 1 heterocycles. The molecule has 0 spiro atoms. The highest BCUT2D eigenvalue weighted by Gasteiger charge is 2.13. The highest BCUT2D eigenvalue weighted by molar-refractivity contribution is 6.13. The van der Waals surface area contributed by atoms with Crippen LogP contribution in [-0.2, 0) is 0 Å². The molecular weight excluding hydrogens is 326 g/mol. The minimum absolute atomic E-state index is 1.19. The first-order valence-corrected chi connectivity index (χ1v) is 9.21. The number of fused-ring (bicyclic) bond motifs is 5. The van der Waals surface area contributed by atoms with Crippen molar-refractivity contribution in [3.05, 3.63) is 103 Å². The van der Waals surface area contributed by atoms with Gasteiger partial charge < -0.3 is 4.57 Å². The van der Waals surface area contributed by atoms with Crippen LogP contribution >= 0.6 is 0 Å². The van der Waals surface area contributed by atoms with Crippen molar-refractivity contribution in [3.63, 3.8) is 0 Å². The molecule has 0 saturated heterocycles. The van der Waals surface area contributed by atoms with Gasteiger partial charge in [0.1, 0.15) is 0 Å². The Labute approximate surface area is 157 Å². The topological polar surface area (TPSA) is 4.93 Å². The van der Waals surface area contributed by atoms with Gasteiger partial charge >= 0.3 is 0 Å². The molecule has 0 N–H and O–H groups in total. The standard InChI is InChI=1S/C26H16N/c1-2-8-19-15-22(14-13-18(19)7-1)27-25-12-6-5-11-23(25)24-16-20-9-3-4-10-21(20)17-26(24)27/h1-4,6-17H. The van der Waals surface area contributed by atoms with Gasteiger partial charge in [0.15, 0.2) is 0 Å². The summed E-state index contributed by atoms with van der Waals surface area (Å²) >= 11 is 0. The summed E-state index contributed by atoms with van der Waals surface area (Å²) in [6.07, 6.45) is 0. The molecule has 6 aromatic rings. The maximum Gasteiger partial charge on any atom is 0.0547 e. The summed E-state index contributed by atoms with van der Waals surface area (Å²) in [4.78, 5) is 0. The van der Waals surface area contributed by atoms with Crippen molar-refractivity contribution < 1.29 is 0 Å². The zero-order chi connectivity index (χ0) is 17.8. The molecule has 1 heteroatoms. The van der Waals surface area contributed by atoms with Crippen LogP contribution in [0.2, 0.25) is 0 Å². The second-order valence-electron chi connectivity index (χ2n) is 7.03. The molecule has 0 unspecified atom stereocenters. The van der Waals surface area contributed by atoms with E-state index < -0.39 is 0 Å². The lowest BCUT2D eigenvalue weighted by Gasteiger charge is -2.10. The number of hydrogen-bond donors (Lipinski definition) is 0. The van der Waals surface area contributed by atoms with E-state index in [1.165, 1.54) is 49.0 Å². The second kappa shape index (κ2) is 5.46. The second-order valence-corrected chi connectivity index (χ2v) is 7.03. The minimum atomic E-state index is 1.19. The Bertz CT molecular complexity index is 1470. The van der Waals surface area contributed by atoms with Gasteiger partial charge in [-0.05, 0) is 64.0 Å². The lowest BCUT2D eigenvalue weighted by Crippen LogP contribution is -1.93. The van der Waals surface area contributed by atoms with E-state index in [-0.39, 0.29) is 0 Å². The number of rotatable bonds is 1. The number of hydrogen-bond acceptors (Lipinski definition) is 0. The molecule has 0 atom stereocenters. The van der Waals surface area contributed by atoms with Gasteiger partial charge in [0.05, 0.1) is 11.0 Å². The quantitative estimate of drug-likeness (QED) is 0.306. The van der Waals surface area contributed by atoms with Gasteiger partial charge in [-0.25, -0.2) is 0 Å². The normalized spacial score (nSPS) is 11.7. The molecule has 0 aliphatic carbocycles. The van der Waals surface area contributed by atoms with Crippen LogP contribution in [0.5, 0.6) is 0 Å². The average Bonchev–Trinajstić information content (AvgIpc) is 3.05. The van der Waals surface area contributed by atoms with Gasteiger partial charge in [0.2, 0.25) is 0 Å². The van der Waals surface area contributed by atoms with E-state index in [1.54, 1.807) is 0 Å². The molecule has 6 rings (SSSR count). The molecule has 1 nitrogen and oxygen atoms in total. The third-order valence-electron chi connectivity index (χ3n) is 5.47. The first kappa shape index (κ1) is 14.6. The largest absolute Gasteiger partial charge is 0.309 e. The molecular formula is C26H16N. The van der Waals surface area contributed by atoms with E-state index in [1.807, 2.05) is 6.07 Å². The first-order valence-electron chi connectivity index (χ1n) is 9.21. The minimum Gasteiger partial charge on any atom is -0.309 e. The summed E-state index contributed by atoms with van der Waals surface area (Å²) in [7, 11) is 0. The molecule has 1 aromatic heterocycles. The molecule has 0 aliphatic heterocycles. The fourth-order valence-electron chi connectivity index (χ4n) is 4.19. The first-order chi connectivity index (χ1) is 13.4. The van der Waals surface area contributed by atoms with E-state index >= 15 is 0 Å². The number of aromatic nitrogens is 1. The molecule has 0 bridgehead atoms. The van der Waals surface area contributed by atoms with E-state index in [9.17, 15) is 0 Å². The third kappa shape index (κ3) is 2.12. The van der Waals surface area contributed by atoms with Crippen molar-refractivity contribution >= 4 is 43.4 Å². The van der Waals surface area contributed by atoms with Crippen LogP contribution < -0.4 is 0 Å². The lowest BCUT2D eigenvalue weighted by atomic mass is 10.1. The van der Waals surface area contributed by atoms with Gasteiger partial charge in [-0.2, -0.15) is 0 Å². The SMILES string of the molecule is [c]1ccc2c(c1)c1cc3ccccc3cc1n2-c1ccc2ccccc2c1. The van der Waals surface area contributed by atoms with E-state index in [0.717, 1.165) is 0 Å². The van der Waals surface area contributed by atoms with Gasteiger partial charge in [-0.15, -0.1) is 0 Å². The van der Waals surface area contributed by atoms with Crippen molar-refractivity contribution in [2.45, 2.75) is 0 Å². The maximum absolute atomic E-state index is 3.26. The summed E-state index contributed by atoms with van der Waals surface area (Å²) in [6, 6.07) is 37.9. The smallest absolute Gasteiger partial charge is 0.0547 e. The zero-order valence-corrected chi connectivity index (χ0v) is 14.7. The fraction of sp³-hybridized carbons (Fsp3) is 0. The van der Waals surface area contributed by atoms with Crippen LogP contribution in [0.25, 0.3) is 49.0 Å². The monoisotopic (exact) mass is 342 g/mol. The van der Waals surface area contributed by atoms with E-state index in [0.29, 0.717) is 0 Å². The third-order valence-corrected chi connectivity index (χ3v) is 5.47. The molecule has 0 aliphatic rings. The van der Waals surface area contributed by atoms with Gasteiger partial charge in [-0.3, -0.25) is 0 Å². The van der Waals surface area contributed by atoms with Crippen LogP contribution in [0.15, 0.2) is 97.1 Å². The van der Waals surface area contributed by atoms with Crippen LogP contribution in [-0.4, -0.2) is 4.57 Å². The Balaban J connectivity index is 1.79. The van der Waals surface area contributed by atoms with E-state index in [4.69, 9.17) is 0 Å². The Hall–Kier alpha value is -3.58. The molecule has 0 fully saturated rings. The highest BCUT2D eigenvalue weighted by Crippen LogP contribution is 2.35. The Morgan fingerprint density at radius 3 is 2.07 bits per heavy atom. The molecule has 0 amide bonds. The average molecular weight is 342 g/mol. The number of nitrogens with zero attached hydrogens (tertiary/aromatic N) is 1. The van der Waals surface area contributed by atoms with E-state index in [2.05, 4.69) is 102 Å². The van der Waals surface area contributed by atoms with Crippen molar-refractivity contribution in [3.8, 4) is 5.69 Å². The van der Waals surface area contributed by atoms with Gasteiger partial charge in [0, 0.05) is 16.5 Å². The summed E-state index contributed by atoms with van der Waals surface area (Å²) in [5.74, 6) is 0. The van der Waals surface area contributed by atoms with Crippen LogP contribution in [0, 0.1) is 6.07 Å². The van der Waals surface area contributed by atoms with Crippen LogP contribution in [0.3, 0.4) is 0 Å². The zero-order valence-electron chi connectivity index (χ0n) is 14.7. The highest BCUT2D eigenvalue weighted by atomic mass is 15.0. The fourth-order valence-corrected chi connectivity index (χ4v) is 4.19. The van der Waals surface area contributed by atoms with Crippen molar-refractivity contribution in [1.29, 1.82) is 0 Å². The van der Waals surface area contributed by atoms with Crippen molar-refractivity contribution in [2.75, 3.05) is 0 Å². The Morgan fingerprint density at radius 1 is 0.556 bits per heavy atom. The number of benzene rings is 5. The molecule has 125 valence electrons. The summed E-state index contributed by atoms with van der Waals surface area (Å²) < 4.78 is 2.37. The van der Waals surface area contributed by atoms with Gasteiger partial charge in [-0.1, -0.05) is 60.7 Å². The summed E-state index contributed by atoms with van der Waals surface area (Å²) in [6.45, 7) is 0. The molecule has 1 radical (unpaired) electrons. The summed E-state index contributed by atoms with van der Waals surface area (Å²) in [5.41, 5.74) is 3.64. The Kier molecular flexibility index (Phi) is 2.95. The van der Waals surface area contributed by atoms with Crippen molar-refractivity contribution in [1.82, 2.24) is 4.57 Å². The molecule has 27 heavy (non-hydrogen) atoms. The predicted molar refractivity (Wildman–Crippen MR) is 115 cm³/mol. The maximum atomic E-state index is 3.26. The van der Waals surface area contributed by atoms with Gasteiger partial charge in [0.25, 0.3) is 0 Å². The van der Waals surface area contributed by atoms with Crippen molar-refractivity contribution in [2.24, 2.45) is 0 Å². The van der Waals surface area contributed by atoms with Crippen LogP contribution in [0.4, 0.5) is 0 Å².